The van der Waals surface area contributed by atoms with Gasteiger partial charge in [-0.15, -0.1) is 0 Å². The Bertz CT molecular complexity index is 453. The zero-order chi connectivity index (χ0) is 13.8. The van der Waals surface area contributed by atoms with Crippen LogP contribution in [-0.2, 0) is 4.79 Å². The van der Waals surface area contributed by atoms with E-state index >= 15 is 0 Å². The van der Waals surface area contributed by atoms with Crippen molar-refractivity contribution in [2.24, 2.45) is 0 Å². The maximum absolute atomic E-state index is 12.0. The summed E-state index contributed by atoms with van der Waals surface area (Å²) in [5, 5.41) is 11.8. The summed E-state index contributed by atoms with van der Waals surface area (Å²) in [6.45, 7) is 5.31. The van der Waals surface area contributed by atoms with Gasteiger partial charge in [-0.3, -0.25) is 9.78 Å². The molecule has 0 saturated heterocycles. The first-order valence-electron chi connectivity index (χ1n) is 5.92. The van der Waals surface area contributed by atoms with Crippen molar-refractivity contribution in [2.45, 2.75) is 39.2 Å². The average molecular weight is 250 g/mol. The third kappa shape index (κ3) is 2.85. The average Bonchev–Trinajstić information content (AvgIpc) is 2.35. The number of nitrogens with zero attached hydrogens (tertiary/aromatic N) is 1. The molecule has 1 aromatic rings. The SMILES string of the molecule is CCC(CC)(NC(=O)c1cncc(C)c1)C(=O)O. The smallest absolute Gasteiger partial charge is 0.329 e. The highest BCUT2D eigenvalue weighted by Crippen LogP contribution is 2.16. The second kappa shape index (κ2) is 5.62. The second-order valence-corrected chi connectivity index (χ2v) is 4.30. The first-order chi connectivity index (χ1) is 8.45. The molecule has 0 spiro atoms. The van der Waals surface area contributed by atoms with Crippen molar-refractivity contribution in [1.82, 2.24) is 10.3 Å². The van der Waals surface area contributed by atoms with E-state index in [2.05, 4.69) is 10.3 Å². The van der Waals surface area contributed by atoms with Crippen LogP contribution in [0.1, 0.15) is 42.6 Å². The number of hydrogen-bond acceptors (Lipinski definition) is 3. The molecule has 2 N–H and O–H groups in total. The van der Waals surface area contributed by atoms with E-state index in [1.807, 2.05) is 6.92 Å². The molecule has 0 radical (unpaired) electrons. The van der Waals surface area contributed by atoms with E-state index in [0.717, 1.165) is 5.56 Å². The monoisotopic (exact) mass is 250 g/mol. The van der Waals surface area contributed by atoms with Gasteiger partial charge in [0.15, 0.2) is 0 Å². The fourth-order valence-electron chi connectivity index (χ4n) is 1.75. The van der Waals surface area contributed by atoms with E-state index in [1.165, 1.54) is 6.20 Å². The number of nitrogens with one attached hydrogen (secondary N) is 1. The van der Waals surface area contributed by atoms with E-state index < -0.39 is 17.4 Å². The van der Waals surface area contributed by atoms with E-state index in [9.17, 15) is 14.7 Å². The molecule has 1 aromatic heterocycles. The number of pyridine rings is 1. The van der Waals surface area contributed by atoms with E-state index in [4.69, 9.17) is 0 Å². The van der Waals surface area contributed by atoms with Crippen molar-refractivity contribution in [2.75, 3.05) is 0 Å². The van der Waals surface area contributed by atoms with Crippen LogP contribution in [-0.4, -0.2) is 27.5 Å². The van der Waals surface area contributed by atoms with Crippen molar-refractivity contribution in [3.05, 3.63) is 29.6 Å². The Kier molecular flexibility index (Phi) is 4.42. The Hall–Kier alpha value is -1.91. The van der Waals surface area contributed by atoms with E-state index in [0.29, 0.717) is 18.4 Å². The number of carbonyl (C=O) groups excluding carboxylic acids is 1. The molecule has 5 heteroatoms. The maximum Gasteiger partial charge on any atom is 0.329 e. The summed E-state index contributed by atoms with van der Waals surface area (Å²) < 4.78 is 0. The lowest BCUT2D eigenvalue weighted by Gasteiger charge is -2.28. The predicted molar refractivity (Wildman–Crippen MR) is 67.4 cm³/mol. The Morgan fingerprint density at radius 2 is 1.94 bits per heavy atom. The first-order valence-corrected chi connectivity index (χ1v) is 5.92. The summed E-state index contributed by atoms with van der Waals surface area (Å²) in [6.07, 6.45) is 3.74. The normalized spacial score (nSPS) is 11.1. The second-order valence-electron chi connectivity index (χ2n) is 4.30. The number of carboxylic acid groups (broad SMARTS) is 1. The van der Waals surface area contributed by atoms with Gasteiger partial charge >= 0.3 is 5.97 Å². The highest BCUT2D eigenvalue weighted by Gasteiger charge is 2.36. The third-order valence-electron chi connectivity index (χ3n) is 3.11. The third-order valence-corrected chi connectivity index (χ3v) is 3.11. The Morgan fingerprint density at radius 3 is 2.39 bits per heavy atom. The van der Waals surface area contributed by atoms with Gasteiger partial charge in [-0.25, -0.2) is 4.79 Å². The zero-order valence-corrected chi connectivity index (χ0v) is 10.9. The van der Waals surface area contributed by atoms with Crippen LogP contribution in [0.25, 0.3) is 0 Å². The van der Waals surface area contributed by atoms with Crippen molar-refractivity contribution in [1.29, 1.82) is 0 Å². The van der Waals surface area contributed by atoms with Gasteiger partial charge in [-0.05, 0) is 31.4 Å². The number of amides is 1. The van der Waals surface area contributed by atoms with Crippen molar-refractivity contribution < 1.29 is 14.7 Å². The molecule has 0 saturated carbocycles. The van der Waals surface area contributed by atoms with Crippen LogP contribution in [0, 0.1) is 6.92 Å². The molecule has 5 nitrogen and oxygen atoms in total. The predicted octanol–water partition coefficient (Wildman–Crippen LogP) is 1.76. The van der Waals surface area contributed by atoms with Gasteiger partial charge in [-0.1, -0.05) is 13.8 Å². The molecule has 0 unspecified atom stereocenters. The number of aromatic nitrogens is 1. The van der Waals surface area contributed by atoms with E-state index in [1.54, 1.807) is 26.1 Å². The Morgan fingerprint density at radius 1 is 1.33 bits per heavy atom. The molecule has 1 rings (SSSR count). The molecule has 0 atom stereocenters. The summed E-state index contributed by atoms with van der Waals surface area (Å²) >= 11 is 0. The molecule has 1 heterocycles. The summed E-state index contributed by atoms with van der Waals surface area (Å²) in [4.78, 5) is 27.2. The lowest BCUT2D eigenvalue weighted by Crippen LogP contribution is -2.53. The summed E-state index contributed by atoms with van der Waals surface area (Å²) in [5.41, 5.74) is 0.0278. The fourth-order valence-corrected chi connectivity index (χ4v) is 1.75. The number of aryl methyl sites for hydroxylation is 1. The topological polar surface area (TPSA) is 79.3 Å². The number of hydrogen-bond donors (Lipinski definition) is 2. The lowest BCUT2D eigenvalue weighted by molar-refractivity contribution is -0.144. The van der Waals surface area contributed by atoms with Gasteiger partial charge in [0.1, 0.15) is 5.54 Å². The minimum Gasteiger partial charge on any atom is -0.480 e. The number of carbonyl (C=O) groups is 2. The highest BCUT2D eigenvalue weighted by molar-refractivity contribution is 5.97. The zero-order valence-electron chi connectivity index (χ0n) is 10.9. The van der Waals surface area contributed by atoms with Crippen LogP contribution in [0.2, 0.25) is 0 Å². The lowest BCUT2D eigenvalue weighted by atomic mass is 9.92. The van der Waals surface area contributed by atoms with Gasteiger partial charge in [0.05, 0.1) is 5.56 Å². The number of rotatable bonds is 5. The molecule has 0 aromatic carbocycles. The fraction of sp³-hybridized carbons (Fsp3) is 0.462. The molecule has 0 fully saturated rings. The van der Waals surface area contributed by atoms with Gasteiger partial charge in [0, 0.05) is 12.4 Å². The highest BCUT2D eigenvalue weighted by atomic mass is 16.4. The summed E-state index contributed by atoms with van der Waals surface area (Å²) in [5.74, 6) is -1.42. The molecule has 0 aliphatic heterocycles. The van der Waals surface area contributed by atoms with Gasteiger partial charge < -0.3 is 10.4 Å². The number of carboxylic acids is 1. The van der Waals surface area contributed by atoms with Crippen LogP contribution in [0.3, 0.4) is 0 Å². The molecule has 1 amide bonds. The van der Waals surface area contributed by atoms with Crippen molar-refractivity contribution >= 4 is 11.9 Å². The minimum atomic E-state index is -1.21. The van der Waals surface area contributed by atoms with Crippen LogP contribution in [0.15, 0.2) is 18.5 Å². The van der Waals surface area contributed by atoms with Crippen LogP contribution in [0.4, 0.5) is 0 Å². The molecular formula is C13H18N2O3. The molecule has 0 bridgehead atoms. The van der Waals surface area contributed by atoms with Crippen molar-refractivity contribution in [3.8, 4) is 0 Å². The largest absolute Gasteiger partial charge is 0.480 e. The van der Waals surface area contributed by atoms with Gasteiger partial charge in [0.25, 0.3) is 5.91 Å². The number of aliphatic carboxylic acids is 1. The molecule has 98 valence electrons. The Labute approximate surface area is 106 Å². The molecule has 0 aliphatic rings. The maximum atomic E-state index is 12.0. The molecule has 0 aliphatic carbocycles. The summed E-state index contributed by atoms with van der Waals surface area (Å²) in [6, 6.07) is 1.68. The first kappa shape index (κ1) is 14.2. The standard InChI is InChI=1S/C13H18N2O3/c1-4-13(5-2,12(17)18)15-11(16)10-6-9(3)7-14-8-10/h6-8H,4-5H2,1-3H3,(H,15,16)(H,17,18). The summed E-state index contributed by atoms with van der Waals surface area (Å²) in [7, 11) is 0. The molecular weight excluding hydrogens is 232 g/mol. The minimum absolute atomic E-state index is 0.337. The van der Waals surface area contributed by atoms with Crippen LogP contribution >= 0.6 is 0 Å². The van der Waals surface area contributed by atoms with Gasteiger partial charge in [0.2, 0.25) is 0 Å². The molecule has 18 heavy (non-hydrogen) atoms. The van der Waals surface area contributed by atoms with E-state index in [-0.39, 0.29) is 0 Å². The van der Waals surface area contributed by atoms with Crippen LogP contribution in [0.5, 0.6) is 0 Å². The Balaban J connectivity index is 2.95. The quantitative estimate of drug-likeness (QED) is 0.834. The van der Waals surface area contributed by atoms with Crippen molar-refractivity contribution in [3.63, 3.8) is 0 Å². The van der Waals surface area contributed by atoms with Crippen LogP contribution < -0.4 is 5.32 Å². The van der Waals surface area contributed by atoms with Gasteiger partial charge in [-0.2, -0.15) is 0 Å².